The molecule has 4 heteroatoms. The summed E-state index contributed by atoms with van der Waals surface area (Å²) in [4.78, 5) is 6.96. The Kier molecular flexibility index (Phi) is 4.81. The van der Waals surface area contributed by atoms with Gasteiger partial charge in [-0.1, -0.05) is 0 Å². The molecule has 1 aliphatic rings. The molecular weight excluding hydrogens is 224 g/mol. The van der Waals surface area contributed by atoms with Gasteiger partial charge in [-0.25, -0.2) is 4.98 Å². The molecule has 3 N–H and O–H groups in total. The van der Waals surface area contributed by atoms with Crippen LogP contribution in [0.5, 0.6) is 0 Å². The third kappa shape index (κ3) is 3.88. The van der Waals surface area contributed by atoms with Crippen LogP contribution < -0.4 is 11.1 Å². The van der Waals surface area contributed by atoms with Gasteiger partial charge in [-0.05, 0) is 64.4 Å². The molecule has 1 aromatic rings. The molecule has 0 saturated carbocycles. The molecule has 0 radical (unpaired) electrons. The predicted octanol–water partition coefficient (Wildman–Crippen LogP) is 2.26. The first-order valence-corrected chi connectivity index (χ1v) is 6.95. The molecule has 1 fully saturated rings. The van der Waals surface area contributed by atoms with Crippen LogP contribution in [-0.2, 0) is 0 Å². The van der Waals surface area contributed by atoms with Crippen LogP contribution >= 0.6 is 0 Å². The monoisotopic (exact) mass is 248 g/mol. The van der Waals surface area contributed by atoms with Gasteiger partial charge in [0.25, 0.3) is 0 Å². The Bertz CT molecular complexity index is 372. The molecule has 0 spiro atoms. The molecule has 0 amide bonds. The molecule has 0 unspecified atom stereocenters. The normalized spacial score (nSPS) is 16.1. The van der Waals surface area contributed by atoms with Gasteiger partial charge >= 0.3 is 0 Å². The Hall–Kier alpha value is -1.29. The summed E-state index contributed by atoms with van der Waals surface area (Å²) in [5.41, 5.74) is 7.40. The quantitative estimate of drug-likeness (QED) is 0.758. The van der Waals surface area contributed by atoms with Gasteiger partial charge in [-0.2, -0.15) is 0 Å². The molecule has 1 saturated heterocycles. The number of rotatable bonds is 6. The number of likely N-dealkylation sites (tertiary alicyclic amines) is 1. The minimum Gasteiger partial charge on any atom is -0.397 e. The van der Waals surface area contributed by atoms with Crippen LogP contribution in [0.2, 0.25) is 0 Å². The summed E-state index contributed by atoms with van der Waals surface area (Å²) in [5, 5.41) is 3.35. The summed E-state index contributed by atoms with van der Waals surface area (Å²) >= 11 is 0. The lowest BCUT2D eigenvalue weighted by Gasteiger charge is -2.14. The fourth-order valence-corrected chi connectivity index (χ4v) is 2.35. The Labute approximate surface area is 110 Å². The minimum atomic E-state index is 0.759. The van der Waals surface area contributed by atoms with E-state index in [-0.39, 0.29) is 0 Å². The minimum absolute atomic E-state index is 0.759. The maximum Gasteiger partial charge on any atom is 0.126 e. The van der Waals surface area contributed by atoms with E-state index in [1.54, 1.807) is 0 Å². The smallest absolute Gasteiger partial charge is 0.126 e. The molecule has 0 aliphatic carbocycles. The molecule has 4 nitrogen and oxygen atoms in total. The van der Waals surface area contributed by atoms with Crippen LogP contribution in [0, 0.1) is 6.92 Å². The second kappa shape index (κ2) is 6.59. The zero-order chi connectivity index (χ0) is 12.8. The van der Waals surface area contributed by atoms with Crippen LogP contribution in [0.4, 0.5) is 11.5 Å². The number of nitrogens with one attached hydrogen (secondary N) is 1. The molecule has 2 heterocycles. The van der Waals surface area contributed by atoms with Crippen molar-refractivity contribution in [2.45, 2.75) is 32.6 Å². The van der Waals surface area contributed by atoms with Crippen molar-refractivity contribution >= 4 is 11.5 Å². The van der Waals surface area contributed by atoms with Gasteiger partial charge in [0.15, 0.2) is 0 Å². The van der Waals surface area contributed by atoms with E-state index in [2.05, 4.69) is 15.2 Å². The van der Waals surface area contributed by atoms with E-state index in [1.807, 2.05) is 19.1 Å². The molecule has 0 bridgehead atoms. The lowest BCUT2D eigenvalue weighted by Crippen LogP contribution is -2.20. The topological polar surface area (TPSA) is 54.2 Å². The summed E-state index contributed by atoms with van der Waals surface area (Å²) in [6.45, 7) is 6.77. The Balaban J connectivity index is 1.61. The van der Waals surface area contributed by atoms with Gasteiger partial charge in [0.05, 0.1) is 11.4 Å². The number of unbranched alkanes of at least 4 members (excludes halogenated alkanes) is 1. The highest BCUT2D eigenvalue weighted by Gasteiger charge is 2.09. The third-order valence-corrected chi connectivity index (χ3v) is 3.53. The van der Waals surface area contributed by atoms with E-state index in [1.165, 1.54) is 45.3 Å². The molecule has 2 rings (SSSR count). The van der Waals surface area contributed by atoms with Crippen molar-refractivity contribution in [2.24, 2.45) is 0 Å². The van der Waals surface area contributed by atoms with Crippen LogP contribution in [0.15, 0.2) is 12.1 Å². The number of anilines is 2. The lowest BCUT2D eigenvalue weighted by molar-refractivity contribution is 0.331. The first-order valence-electron chi connectivity index (χ1n) is 6.95. The SMILES string of the molecule is Cc1nc(NCCCCN2CCCC2)ccc1N. The Morgan fingerprint density at radius 2 is 2.06 bits per heavy atom. The van der Waals surface area contributed by atoms with Gasteiger partial charge in [0.1, 0.15) is 5.82 Å². The van der Waals surface area contributed by atoms with Crippen molar-refractivity contribution in [2.75, 3.05) is 37.2 Å². The second-order valence-corrected chi connectivity index (χ2v) is 5.05. The van der Waals surface area contributed by atoms with Crippen LogP contribution in [0.1, 0.15) is 31.4 Å². The summed E-state index contributed by atoms with van der Waals surface area (Å²) in [6, 6.07) is 3.86. The van der Waals surface area contributed by atoms with Crippen molar-refractivity contribution in [1.82, 2.24) is 9.88 Å². The lowest BCUT2D eigenvalue weighted by atomic mass is 10.3. The zero-order valence-electron chi connectivity index (χ0n) is 11.3. The number of nitrogens with zero attached hydrogens (tertiary/aromatic N) is 2. The first kappa shape index (κ1) is 13.1. The van der Waals surface area contributed by atoms with Crippen molar-refractivity contribution in [3.8, 4) is 0 Å². The second-order valence-electron chi connectivity index (χ2n) is 5.05. The summed E-state index contributed by atoms with van der Waals surface area (Å²) in [7, 11) is 0. The maximum atomic E-state index is 5.74. The molecule has 100 valence electrons. The van der Waals surface area contributed by atoms with Crippen molar-refractivity contribution in [3.63, 3.8) is 0 Å². The Morgan fingerprint density at radius 3 is 2.78 bits per heavy atom. The highest BCUT2D eigenvalue weighted by atomic mass is 15.1. The Morgan fingerprint density at radius 1 is 1.28 bits per heavy atom. The van der Waals surface area contributed by atoms with Gasteiger partial charge in [-0.3, -0.25) is 0 Å². The van der Waals surface area contributed by atoms with Crippen molar-refractivity contribution in [3.05, 3.63) is 17.8 Å². The number of nitrogen functional groups attached to an aromatic ring is 1. The van der Waals surface area contributed by atoms with Crippen LogP contribution in [0.25, 0.3) is 0 Å². The standard InChI is InChI=1S/C14H24N4/c1-12-13(15)6-7-14(17-12)16-8-2-3-9-18-10-4-5-11-18/h6-7H,2-5,8-11,15H2,1H3,(H,16,17). The largest absolute Gasteiger partial charge is 0.397 e. The number of nitrogens with two attached hydrogens (primary N) is 1. The highest BCUT2D eigenvalue weighted by molar-refractivity contribution is 5.48. The molecular formula is C14H24N4. The van der Waals surface area contributed by atoms with Crippen LogP contribution in [-0.4, -0.2) is 36.1 Å². The fourth-order valence-electron chi connectivity index (χ4n) is 2.35. The van der Waals surface area contributed by atoms with Gasteiger partial charge in [0, 0.05) is 6.54 Å². The molecule has 0 aromatic carbocycles. The van der Waals surface area contributed by atoms with Crippen LogP contribution in [0.3, 0.4) is 0 Å². The van der Waals surface area contributed by atoms with E-state index in [0.29, 0.717) is 0 Å². The van der Waals surface area contributed by atoms with E-state index >= 15 is 0 Å². The third-order valence-electron chi connectivity index (χ3n) is 3.53. The molecule has 0 atom stereocenters. The highest BCUT2D eigenvalue weighted by Crippen LogP contribution is 2.12. The summed E-state index contributed by atoms with van der Waals surface area (Å²) in [5.74, 6) is 0.933. The zero-order valence-corrected chi connectivity index (χ0v) is 11.3. The number of pyridine rings is 1. The first-order chi connectivity index (χ1) is 8.75. The predicted molar refractivity (Wildman–Crippen MR) is 76.8 cm³/mol. The van der Waals surface area contributed by atoms with E-state index in [9.17, 15) is 0 Å². The van der Waals surface area contributed by atoms with Gasteiger partial charge in [0.2, 0.25) is 0 Å². The molecule has 1 aromatic heterocycles. The van der Waals surface area contributed by atoms with Gasteiger partial charge < -0.3 is 16.0 Å². The average molecular weight is 248 g/mol. The maximum absolute atomic E-state index is 5.74. The molecule has 1 aliphatic heterocycles. The summed E-state index contributed by atoms with van der Waals surface area (Å²) in [6.07, 6.45) is 5.22. The number of hydrogen-bond acceptors (Lipinski definition) is 4. The average Bonchev–Trinajstić information content (AvgIpc) is 2.86. The van der Waals surface area contributed by atoms with Crippen molar-refractivity contribution < 1.29 is 0 Å². The van der Waals surface area contributed by atoms with E-state index in [4.69, 9.17) is 5.73 Å². The fraction of sp³-hybridized carbons (Fsp3) is 0.643. The van der Waals surface area contributed by atoms with Crippen molar-refractivity contribution in [1.29, 1.82) is 0 Å². The number of hydrogen-bond donors (Lipinski definition) is 2. The van der Waals surface area contributed by atoms with E-state index in [0.717, 1.165) is 23.7 Å². The van der Waals surface area contributed by atoms with Gasteiger partial charge in [-0.15, -0.1) is 0 Å². The van der Waals surface area contributed by atoms with E-state index < -0.39 is 0 Å². The number of aryl methyl sites for hydroxylation is 1. The number of aromatic nitrogens is 1. The summed E-state index contributed by atoms with van der Waals surface area (Å²) < 4.78 is 0. The molecule has 18 heavy (non-hydrogen) atoms.